The van der Waals surface area contributed by atoms with Gasteiger partial charge in [-0.3, -0.25) is 9.59 Å². The third-order valence-corrected chi connectivity index (χ3v) is 7.20. The fourth-order valence-electron chi connectivity index (χ4n) is 4.59. The van der Waals surface area contributed by atoms with Gasteiger partial charge in [0, 0.05) is 51.2 Å². The summed E-state index contributed by atoms with van der Waals surface area (Å²) in [6, 6.07) is 12.0. The van der Waals surface area contributed by atoms with Crippen LogP contribution in [-0.4, -0.2) is 66.9 Å². The topological polar surface area (TPSA) is 63.0 Å². The smallest absolute Gasteiger partial charge is 0.223 e. The number of ether oxygens (including phenoxy) is 1. The Kier molecular flexibility index (Phi) is 9.73. The Morgan fingerprint density at radius 1 is 1.21 bits per heavy atom. The SMILES string of the molecule is COc1cccc(C[C@@H](C2CCN(C(=O)CCc3ccco3)CC2)N(C)C(=O)CCSC)c1. The number of benzene rings is 1. The number of carbonyl (C=O) groups excluding carboxylic acids is 2. The van der Waals surface area contributed by atoms with Crippen molar-refractivity contribution >= 4 is 23.6 Å². The van der Waals surface area contributed by atoms with Crippen molar-refractivity contribution in [3.8, 4) is 5.75 Å². The molecule has 33 heavy (non-hydrogen) atoms. The van der Waals surface area contributed by atoms with E-state index in [0.717, 1.165) is 49.6 Å². The summed E-state index contributed by atoms with van der Waals surface area (Å²) >= 11 is 1.70. The molecule has 3 rings (SSSR count). The van der Waals surface area contributed by atoms with Crippen LogP contribution >= 0.6 is 11.8 Å². The van der Waals surface area contributed by atoms with E-state index in [0.29, 0.717) is 25.2 Å². The Bertz CT molecular complexity index is 878. The molecule has 0 bridgehead atoms. The number of nitrogens with zero attached hydrogens (tertiary/aromatic N) is 2. The van der Waals surface area contributed by atoms with Crippen molar-refractivity contribution < 1.29 is 18.7 Å². The Balaban J connectivity index is 1.63. The predicted molar refractivity (Wildman–Crippen MR) is 133 cm³/mol. The third-order valence-electron chi connectivity index (χ3n) is 6.59. The molecule has 0 spiro atoms. The van der Waals surface area contributed by atoms with E-state index in [2.05, 4.69) is 12.1 Å². The minimum atomic E-state index is 0.104. The minimum Gasteiger partial charge on any atom is -0.497 e. The Morgan fingerprint density at radius 3 is 2.67 bits per heavy atom. The number of likely N-dealkylation sites (tertiary alicyclic amines) is 1. The molecule has 7 heteroatoms. The van der Waals surface area contributed by atoms with Crippen molar-refractivity contribution in [2.75, 3.05) is 39.3 Å². The van der Waals surface area contributed by atoms with Crippen LogP contribution in [0.5, 0.6) is 5.75 Å². The van der Waals surface area contributed by atoms with Gasteiger partial charge in [0.1, 0.15) is 11.5 Å². The van der Waals surface area contributed by atoms with Gasteiger partial charge in [0.15, 0.2) is 0 Å². The highest BCUT2D eigenvalue weighted by molar-refractivity contribution is 7.98. The molecule has 180 valence electrons. The monoisotopic (exact) mass is 472 g/mol. The second-order valence-corrected chi connectivity index (χ2v) is 9.65. The number of rotatable bonds is 11. The van der Waals surface area contributed by atoms with Crippen LogP contribution < -0.4 is 4.74 Å². The molecule has 0 unspecified atom stereocenters. The molecule has 1 aromatic heterocycles. The minimum absolute atomic E-state index is 0.104. The third kappa shape index (κ3) is 7.29. The molecular formula is C26H36N2O4S. The van der Waals surface area contributed by atoms with Crippen LogP contribution in [0.3, 0.4) is 0 Å². The first-order chi connectivity index (χ1) is 16.0. The van der Waals surface area contributed by atoms with Crippen molar-refractivity contribution in [1.82, 2.24) is 9.80 Å². The van der Waals surface area contributed by atoms with Crippen LogP contribution in [0.4, 0.5) is 0 Å². The number of furan rings is 1. The zero-order chi connectivity index (χ0) is 23.6. The molecule has 2 amide bonds. The molecule has 1 aliphatic rings. The van der Waals surface area contributed by atoms with E-state index >= 15 is 0 Å². The van der Waals surface area contributed by atoms with Gasteiger partial charge in [-0.05, 0) is 61.3 Å². The summed E-state index contributed by atoms with van der Waals surface area (Å²) in [7, 11) is 3.61. The van der Waals surface area contributed by atoms with Gasteiger partial charge >= 0.3 is 0 Å². The van der Waals surface area contributed by atoms with E-state index in [-0.39, 0.29) is 17.9 Å². The highest BCUT2D eigenvalue weighted by atomic mass is 32.2. The van der Waals surface area contributed by atoms with Crippen molar-refractivity contribution in [2.45, 2.75) is 44.6 Å². The molecule has 1 aliphatic heterocycles. The van der Waals surface area contributed by atoms with Crippen LogP contribution in [0.1, 0.15) is 37.0 Å². The number of hydrogen-bond acceptors (Lipinski definition) is 5. The van der Waals surface area contributed by atoms with Crippen LogP contribution in [-0.2, 0) is 22.4 Å². The number of likely N-dealkylation sites (N-methyl/N-ethyl adjacent to an activating group) is 1. The largest absolute Gasteiger partial charge is 0.497 e. The van der Waals surface area contributed by atoms with Crippen LogP contribution in [0.15, 0.2) is 47.1 Å². The maximum atomic E-state index is 12.9. The Morgan fingerprint density at radius 2 is 2.00 bits per heavy atom. The van der Waals surface area contributed by atoms with Gasteiger partial charge in [0.05, 0.1) is 13.4 Å². The summed E-state index contributed by atoms with van der Waals surface area (Å²) in [6.07, 6.45) is 7.93. The average molecular weight is 473 g/mol. The molecule has 1 fully saturated rings. The van der Waals surface area contributed by atoms with E-state index in [1.165, 1.54) is 5.56 Å². The lowest BCUT2D eigenvalue weighted by atomic mass is 9.84. The van der Waals surface area contributed by atoms with E-state index < -0.39 is 0 Å². The lowest BCUT2D eigenvalue weighted by Crippen LogP contribution is -2.48. The van der Waals surface area contributed by atoms with Crippen LogP contribution in [0, 0.1) is 5.92 Å². The van der Waals surface area contributed by atoms with Crippen molar-refractivity contribution in [3.63, 3.8) is 0 Å². The molecule has 0 aliphatic carbocycles. The number of thioether (sulfide) groups is 1. The number of amides is 2. The van der Waals surface area contributed by atoms with E-state index in [4.69, 9.17) is 9.15 Å². The molecule has 0 radical (unpaired) electrons. The lowest BCUT2D eigenvalue weighted by Gasteiger charge is -2.40. The van der Waals surface area contributed by atoms with E-state index in [1.54, 1.807) is 25.1 Å². The first kappa shape index (κ1) is 25.2. The maximum absolute atomic E-state index is 12.9. The zero-order valence-corrected chi connectivity index (χ0v) is 20.8. The second-order valence-electron chi connectivity index (χ2n) is 8.67. The number of carbonyl (C=O) groups is 2. The normalized spacial score (nSPS) is 15.3. The van der Waals surface area contributed by atoms with Gasteiger partial charge in [-0.25, -0.2) is 0 Å². The average Bonchev–Trinajstić information content (AvgIpc) is 3.38. The van der Waals surface area contributed by atoms with Crippen LogP contribution in [0.2, 0.25) is 0 Å². The van der Waals surface area contributed by atoms with Gasteiger partial charge in [-0.15, -0.1) is 0 Å². The molecule has 1 saturated heterocycles. The highest BCUT2D eigenvalue weighted by Crippen LogP contribution is 2.28. The Hall–Kier alpha value is -2.41. The molecule has 2 aromatic rings. The zero-order valence-electron chi connectivity index (χ0n) is 20.0. The predicted octanol–water partition coefficient (Wildman–Crippen LogP) is 4.28. The summed E-state index contributed by atoms with van der Waals surface area (Å²) < 4.78 is 10.7. The molecule has 1 atom stereocenters. The van der Waals surface area contributed by atoms with Gasteiger partial charge in [-0.1, -0.05) is 12.1 Å². The van der Waals surface area contributed by atoms with Gasteiger partial charge in [0.25, 0.3) is 0 Å². The first-order valence-electron chi connectivity index (χ1n) is 11.7. The molecule has 0 N–H and O–H groups in total. The first-order valence-corrected chi connectivity index (χ1v) is 13.1. The fourth-order valence-corrected chi connectivity index (χ4v) is 4.97. The second kappa shape index (κ2) is 12.7. The van der Waals surface area contributed by atoms with E-state index in [9.17, 15) is 9.59 Å². The van der Waals surface area contributed by atoms with Crippen molar-refractivity contribution in [2.24, 2.45) is 5.92 Å². The summed E-state index contributed by atoms with van der Waals surface area (Å²) in [5.41, 5.74) is 1.17. The molecule has 0 saturated carbocycles. The number of piperidine rings is 1. The van der Waals surface area contributed by atoms with Gasteiger partial charge < -0.3 is 19.0 Å². The number of methoxy groups -OCH3 is 1. The summed E-state index contributed by atoms with van der Waals surface area (Å²) in [6.45, 7) is 1.48. The van der Waals surface area contributed by atoms with Crippen molar-refractivity contribution in [1.29, 1.82) is 0 Å². The summed E-state index contributed by atoms with van der Waals surface area (Å²) in [5.74, 6) is 3.24. The number of hydrogen-bond donors (Lipinski definition) is 0. The molecule has 1 aromatic carbocycles. The Labute approximate surface area is 201 Å². The summed E-state index contributed by atoms with van der Waals surface area (Å²) in [5, 5.41) is 0. The van der Waals surface area contributed by atoms with Gasteiger partial charge in [0.2, 0.25) is 11.8 Å². The molecule has 6 nitrogen and oxygen atoms in total. The molecular weight excluding hydrogens is 436 g/mol. The lowest BCUT2D eigenvalue weighted by molar-refractivity contribution is -0.136. The van der Waals surface area contributed by atoms with E-state index in [1.807, 2.05) is 47.4 Å². The standard InChI is InChI=1S/C26H36N2O4S/c1-27(25(29)13-17-33-3)24(19-20-6-4-7-23(18-20)31-2)21-11-14-28(15-12-21)26(30)10-9-22-8-5-16-32-22/h4-8,16,18,21,24H,9-15,17,19H2,1-3H3/t24-/m0/s1. The van der Waals surface area contributed by atoms with Gasteiger partial charge in [-0.2, -0.15) is 11.8 Å². The maximum Gasteiger partial charge on any atom is 0.223 e. The van der Waals surface area contributed by atoms with Crippen molar-refractivity contribution in [3.05, 3.63) is 54.0 Å². The highest BCUT2D eigenvalue weighted by Gasteiger charge is 2.32. The van der Waals surface area contributed by atoms with Crippen LogP contribution in [0.25, 0.3) is 0 Å². The molecule has 2 heterocycles. The fraction of sp³-hybridized carbons (Fsp3) is 0.538. The quantitative estimate of drug-likeness (QED) is 0.488. The summed E-state index contributed by atoms with van der Waals surface area (Å²) in [4.78, 5) is 29.5. The number of aryl methyl sites for hydroxylation is 1.